The normalized spacial score (nSPS) is 11.3. The van der Waals surface area contributed by atoms with Gasteiger partial charge in [-0.05, 0) is 90.8 Å². The molecule has 0 aliphatic heterocycles. The summed E-state index contributed by atoms with van der Waals surface area (Å²) in [6.07, 6.45) is 1.72. The molecule has 0 radical (unpaired) electrons. The van der Waals surface area contributed by atoms with Gasteiger partial charge >= 0.3 is 0 Å². The van der Waals surface area contributed by atoms with Crippen molar-refractivity contribution in [2.75, 3.05) is 11.3 Å². The van der Waals surface area contributed by atoms with Crippen LogP contribution >= 0.6 is 0 Å². The zero-order valence-corrected chi connectivity index (χ0v) is 20.1. The first-order chi connectivity index (χ1) is 17.0. The fourth-order valence-electron chi connectivity index (χ4n) is 3.25. The monoisotopic (exact) mass is 486 g/mol. The Bertz CT molecular complexity index is 1350. The van der Waals surface area contributed by atoms with Crippen molar-refractivity contribution >= 4 is 27.6 Å². The molecule has 178 valence electrons. The topological polar surface area (TPSA) is 77.0 Å². The predicted molar refractivity (Wildman–Crippen MR) is 139 cm³/mol. The Kier molecular flexibility index (Phi) is 7.80. The molecule has 0 saturated carbocycles. The van der Waals surface area contributed by atoms with E-state index in [-0.39, 0.29) is 4.90 Å². The van der Waals surface area contributed by atoms with E-state index in [0.717, 1.165) is 16.9 Å². The third-order valence-corrected chi connectivity index (χ3v) is 6.45. The highest BCUT2D eigenvalue weighted by molar-refractivity contribution is 7.92. The van der Waals surface area contributed by atoms with E-state index in [1.807, 2.05) is 61.5 Å². The number of ether oxygens (including phenoxy) is 2. The van der Waals surface area contributed by atoms with Crippen molar-refractivity contribution in [2.24, 2.45) is 4.99 Å². The lowest BCUT2D eigenvalue weighted by molar-refractivity contribution is 0.306. The van der Waals surface area contributed by atoms with E-state index in [1.165, 1.54) is 12.1 Å². The second-order valence-corrected chi connectivity index (χ2v) is 9.34. The lowest BCUT2D eigenvalue weighted by atomic mass is 10.2. The van der Waals surface area contributed by atoms with Crippen LogP contribution in [0, 0.1) is 0 Å². The largest absolute Gasteiger partial charge is 0.494 e. The Balaban J connectivity index is 1.34. The van der Waals surface area contributed by atoms with Crippen LogP contribution in [0.2, 0.25) is 0 Å². The maximum Gasteiger partial charge on any atom is 0.261 e. The lowest BCUT2D eigenvalue weighted by Gasteiger charge is -2.09. The van der Waals surface area contributed by atoms with E-state index >= 15 is 0 Å². The third kappa shape index (κ3) is 6.94. The van der Waals surface area contributed by atoms with Crippen molar-refractivity contribution in [1.82, 2.24) is 0 Å². The number of hydrogen-bond acceptors (Lipinski definition) is 5. The van der Waals surface area contributed by atoms with E-state index in [0.29, 0.717) is 30.3 Å². The van der Waals surface area contributed by atoms with Gasteiger partial charge in [0, 0.05) is 11.9 Å². The zero-order chi connectivity index (χ0) is 24.5. The Hall–Kier alpha value is -4.10. The molecule has 0 fully saturated rings. The highest BCUT2D eigenvalue weighted by Crippen LogP contribution is 2.22. The zero-order valence-electron chi connectivity index (χ0n) is 19.3. The maximum atomic E-state index is 12.7. The smallest absolute Gasteiger partial charge is 0.261 e. The first-order valence-corrected chi connectivity index (χ1v) is 12.7. The standard InChI is InChI=1S/C28H26N2O4S/c1-2-33-26-16-10-25(11-17-26)30-35(31,32)28-18-12-24(13-19-28)29-20-22-8-14-27(15-9-22)34-21-23-6-4-3-5-7-23/h3-20,30H,2,21H2,1H3. The molecular weight excluding hydrogens is 460 g/mol. The van der Waals surface area contributed by atoms with Crippen LogP contribution in [0.4, 0.5) is 11.4 Å². The predicted octanol–water partition coefficient (Wildman–Crippen LogP) is 6.22. The fraction of sp³-hybridized carbons (Fsp3) is 0.107. The van der Waals surface area contributed by atoms with Crippen LogP contribution in [0.15, 0.2) is 113 Å². The molecule has 1 N–H and O–H groups in total. The van der Waals surface area contributed by atoms with E-state index in [9.17, 15) is 8.42 Å². The Morgan fingerprint density at radius 1 is 0.771 bits per heavy atom. The van der Waals surface area contributed by atoms with E-state index in [1.54, 1.807) is 42.6 Å². The van der Waals surface area contributed by atoms with Crippen LogP contribution in [-0.4, -0.2) is 21.2 Å². The molecule has 4 aromatic rings. The second kappa shape index (κ2) is 11.4. The number of aliphatic imine (C=N–C) groups is 1. The van der Waals surface area contributed by atoms with Gasteiger partial charge in [0.05, 0.1) is 17.2 Å². The number of rotatable bonds is 10. The molecule has 0 amide bonds. The van der Waals surface area contributed by atoms with E-state index in [2.05, 4.69) is 9.71 Å². The van der Waals surface area contributed by atoms with Gasteiger partial charge in [-0.15, -0.1) is 0 Å². The molecule has 0 aliphatic rings. The van der Waals surface area contributed by atoms with Crippen LogP contribution in [0.25, 0.3) is 0 Å². The molecule has 0 heterocycles. The molecule has 7 heteroatoms. The summed E-state index contributed by atoms with van der Waals surface area (Å²) < 4.78 is 39.1. The highest BCUT2D eigenvalue weighted by Gasteiger charge is 2.14. The van der Waals surface area contributed by atoms with Gasteiger partial charge in [0.25, 0.3) is 10.0 Å². The maximum absolute atomic E-state index is 12.7. The van der Waals surface area contributed by atoms with Crippen LogP contribution in [-0.2, 0) is 16.6 Å². The van der Waals surface area contributed by atoms with E-state index < -0.39 is 10.0 Å². The van der Waals surface area contributed by atoms with Crippen molar-refractivity contribution in [3.05, 3.63) is 114 Å². The summed E-state index contributed by atoms with van der Waals surface area (Å²) in [4.78, 5) is 4.60. The summed E-state index contributed by atoms with van der Waals surface area (Å²) in [5, 5.41) is 0. The summed E-state index contributed by atoms with van der Waals surface area (Å²) in [6.45, 7) is 2.95. The Morgan fingerprint density at radius 3 is 2.06 bits per heavy atom. The minimum Gasteiger partial charge on any atom is -0.494 e. The molecule has 35 heavy (non-hydrogen) atoms. The molecule has 0 aliphatic carbocycles. The summed E-state index contributed by atoms with van der Waals surface area (Å²) in [6, 6.07) is 30.8. The number of sulfonamides is 1. The van der Waals surface area contributed by atoms with Crippen LogP contribution in [0.3, 0.4) is 0 Å². The van der Waals surface area contributed by atoms with Gasteiger partial charge in [-0.25, -0.2) is 8.42 Å². The molecule has 6 nitrogen and oxygen atoms in total. The molecule has 0 atom stereocenters. The molecule has 0 spiro atoms. The van der Waals surface area contributed by atoms with Gasteiger partial charge in [0.2, 0.25) is 0 Å². The first kappa shape index (κ1) is 24.0. The SMILES string of the molecule is CCOc1ccc(NS(=O)(=O)c2ccc(N=Cc3ccc(OCc4ccccc4)cc3)cc2)cc1. The molecule has 0 unspecified atom stereocenters. The summed E-state index contributed by atoms with van der Waals surface area (Å²) >= 11 is 0. The van der Waals surface area contributed by atoms with Gasteiger partial charge in [-0.2, -0.15) is 0 Å². The molecule has 4 aromatic carbocycles. The molecule has 0 aromatic heterocycles. The van der Waals surface area contributed by atoms with Crippen LogP contribution in [0.1, 0.15) is 18.1 Å². The average molecular weight is 487 g/mol. The van der Waals surface area contributed by atoms with Crippen molar-refractivity contribution < 1.29 is 17.9 Å². The van der Waals surface area contributed by atoms with Gasteiger partial charge < -0.3 is 9.47 Å². The van der Waals surface area contributed by atoms with Crippen LogP contribution in [0.5, 0.6) is 11.5 Å². The minimum atomic E-state index is -3.71. The number of benzene rings is 4. The van der Waals surface area contributed by atoms with Gasteiger partial charge in [-0.3, -0.25) is 9.71 Å². The molecule has 4 rings (SSSR count). The van der Waals surface area contributed by atoms with Gasteiger partial charge in [-0.1, -0.05) is 30.3 Å². The lowest BCUT2D eigenvalue weighted by Crippen LogP contribution is -2.12. The summed E-state index contributed by atoms with van der Waals surface area (Å²) in [5.41, 5.74) is 3.13. The van der Waals surface area contributed by atoms with Crippen molar-refractivity contribution in [3.8, 4) is 11.5 Å². The summed E-state index contributed by atoms with van der Waals surface area (Å²) in [7, 11) is -3.71. The Labute approximate surface area is 205 Å². The van der Waals surface area contributed by atoms with Crippen molar-refractivity contribution in [2.45, 2.75) is 18.4 Å². The second-order valence-electron chi connectivity index (χ2n) is 7.66. The minimum absolute atomic E-state index is 0.158. The van der Waals surface area contributed by atoms with E-state index in [4.69, 9.17) is 9.47 Å². The highest BCUT2D eigenvalue weighted by atomic mass is 32.2. The Morgan fingerprint density at radius 2 is 1.40 bits per heavy atom. The number of anilines is 1. The fourth-order valence-corrected chi connectivity index (χ4v) is 4.31. The quantitative estimate of drug-likeness (QED) is 0.270. The van der Waals surface area contributed by atoms with Gasteiger partial charge in [0.15, 0.2) is 0 Å². The van der Waals surface area contributed by atoms with Crippen molar-refractivity contribution in [3.63, 3.8) is 0 Å². The average Bonchev–Trinajstić information content (AvgIpc) is 2.89. The number of hydrogen-bond donors (Lipinski definition) is 1. The van der Waals surface area contributed by atoms with Gasteiger partial charge in [0.1, 0.15) is 18.1 Å². The van der Waals surface area contributed by atoms with Crippen molar-refractivity contribution in [1.29, 1.82) is 0 Å². The number of nitrogens with zero attached hydrogens (tertiary/aromatic N) is 1. The molecule has 0 bridgehead atoms. The van der Waals surface area contributed by atoms with Crippen LogP contribution < -0.4 is 14.2 Å². The third-order valence-electron chi connectivity index (χ3n) is 5.06. The first-order valence-electron chi connectivity index (χ1n) is 11.2. The molecule has 0 saturated heterocycles. The number of nitrogens with one attached hydrogen (secondary N) is 1. The molecular formula is C28H26N2O4S. The summed E-state index contributed by atoms with van der Waals surface area (Å²) in [5.74, 6) is 1.47.